The monoisotopic (exact) mass is 408 g/mol. The Morgan fingerprint density at radius 2 is 2.00 bits per heavy atom. The van der Waals surface area contributed by atoms with Crippen molar-refractivity contribution in [3.8, 4) is 0 Å². The van der Waals surface area contributed by atoms with Crippen molar-refractivity contribution in [3.05, 3.63) is 59.7 Å². The van der Waals surface area contributed by atoms with Gasteiger partial charge in [-0.2, -0.15) is 0 Å². The molecular formula is C17H16N2O4S3. The number of amides is 1. The van der Waals surface area contributed by atoms with Gasteiger partial charge in [-0.25, -0.2) is 13.4 Å². The zero-order chi connectivity index (χ0) is 18.7. The van der Waals surface area contributed by atoms with Gasteiger partial charge in [-0.1, -0.05) is 29.5 Å². The van der Waals surface area contributed by atoms with Crippen LogP contribution in [0.3, 0.4) is 0 Å². The van der Waals surface area contributed by atoms with Gasteiger partial charge in [0.25, 0.3) is 5.91 Å². The number of benzene rings is 1. The van der Waals surface area contributed by atoms with Crippen LogP contribution < -0.4 is 5.32 Å². The molecular weight excluding hydrogens is 392 g/mol. The second-order valence-electron chi connectivity index (χ2n) is 5.40. The molecule has 0 spiro atoms. The number of aromatic nitrogens is 1. The molecule has 3 rings (SSSR count). The third kappa shape index (κ3) is 4.00. The van der Waals surface area contributed by atoms with E-state index in [1.165, 1.54) is 35.8 Å². The Hall–Kier alpha value is -2.10. The standard InChI is InChI=1S/C17H16N2O4S3/c1-11-16(24-2)25-17(18-11)19-15(20)14-12(8-9-23-14)10-26(21,22)13-6-4-3-5-7-13/h3-9H,10H2,1-2H3,(H,18,19,20). The van der Waals surface area contributed by atoms with Crippen LogP contribution >= 0.6 is 23.1 Å². The number of thioether (sulfide) groups is 1. The molecule has 136 valence electrons. The molecule has 2 heterocycles. The van der Waals surface area contributed by atoms with Crippen molar-refractivity contribution in [2.75, 3.05) is 11.6 Å². The number of furan rings is 1. The molecule has 6 nitrogen and oxygen atoms in total. The van der Waals surface area contributed by atoms with E-state index in [-0.39, 0.29) is 16.4 Å². The van der Waals surface area contributed by atoms with Crippen molar-refractivity contribution in [2.45, 2.75) is 21.8 Å². The van der Waals surface area contributed by atoms with E-state index in [1.54, 1.807) is 30.0 Å². The topological polar surface area (TPSA) is 89.3 Å². The highest BCUT2D eigenvalue weighted by Gasteiger charge is 2.23. The number of anilines is 1. The number of aryl methyl sites for hydroxylation is 1. The summed E-state index contributed by atoms with van der Waals surface area (Å²) in [5.74, 6) is -0.860. The van der Waals surface area contributed by atoms with Crippen molar-refractivity contribution >= 4 is 44.0 Å². The minimum Gasteiger partial charge on any atom is -0.459 e. The van der Waals surface area contributed by atoms with Crippen molar-refractivity contribution in [1.82, 2.24) is 4.98 Å². The number of hydrogen-bond donors (Lipinski definition) is 1. The van der Waals surface area contributed by atoms with E-state index in [2.05, 4.69) is 10.3 Å². The molecule has 9 heteroatoms. The Balaban J connectivity index is 1.80. The van der Waals surface area contributed by atoms with Gasteiger partial charge >= 0.3 is 0 Å². The van der Waals surface area contributed by atoms with Crippen LogP contribution in [-0.2, 0) is 15.6 Å². The predicted molar refractivity (Wildman–Crippen MR) is 103 cm³/mol. The summed E-state index contributed by atoms with van der Waals surface area (Å²) in [4.78, 5) is 17.0. The first kappa shape index (κ1) is 18.7. The number of nitrogens with zero attached hydrogens (tertiary/aromatic N) is 1. The smallest absolute Gasteiger partial charge is 0.293 e. The molecule has 0 aliphatic rings. The van der Waals surface area contributed by atoms with Gasteiger partial charge in [0, 0.05) is 5.56 Å². The van der Waals surface area contributed by atoms with Crippen LogP contribution in [-0.4, -0.2) is 25.6 Å². The van der Waals surface area contributed by atoms with Crippen LogP contribution in [0.5, 0.6) is 0 Å². The fourth-order valence-corrected chi connectivity index (χ4v) is 5.33. The Kier molecular flexibility index (Phi) is 5.49. The number of thiazole rings is 1. The highest BCUT2D eigenvalue weighted by molar-refractivity contribution is 8.00. The third-order valence-corrected chi connectivity index (χ3v) is 7.53. The van der Waals surface area contributed by atoms with Crippen LogP contribution in [0.1, 0.15) is 21.8 Å². The first-order valence-corrected chi connectivity index (χ1v) is 11.3. The molecule has 1 aromatic carbocycles. The van der Waals surface area contributed by atoms with E-state index in [1.807, 2.05) is 13.2 Å². The molecule has 1 N–H and O–H groups in total. The summed E-state index contributed by atoms with van der Waals surface area (Å²) in [6.45, 7) is 1.86. The van der Waals surface area contributed by atoms with Crippen LogP contribution in [0.15, 0.2) is 56.2 Å². The Bertz CT molecular complexity index is 1020. The Labute approximate surface area is 159 Å². The normalized spacial score (nSPS) is 11.5. The van der Waals surface area contributed by atoms with Gasteiger partial charge in [0.1, 0.15) is 0 Å². The fraction of sp³-hybridized carbons (Fsp3) is 0.176. The van der Waals surface area contributed by atoms with Gasteiger partial charge < -0.3 is 4.42 Å². The van der Waals surface area contributed by atoms with E-state index in [0.29, 0.717) is 10.7 Å². The third-order valence-electron chi connectivity index (χ3n) is 3.56. The number of nitrogens with one attached hydrogen (secondary N) is 1. The maximum Gasteiger partial charge on any atom is 0.293 e. The van der Waals surface area contributed by atoms with E-state index in [4.69, 9.17) is 4.42 Å². The summed E-state index contributed by atoms with van der Waals surface area (Å²) in [7, 11) is -3.58. The van der Waals surface area contributed by atoms with Crippen LogP contribution in [0.2, 0.25) is 0 Å². The summed E-state index contributed by atoms with van der Waals surface area (Å²) < 4.78 is 31.3. The molecule has 3 aromatic rings. The van der Waals surface area contributed by atoms with Gasteiger partial charge in [0.15, 0.2) is 20.7 Å². The molecule has 26 heavy (non-hydrogen) atoms. The highest BCUT2D eigenvalue weighted by Crippen LogP contribution is 2.30. The zero-order valence-electron chi connectivity index (χ0n) is 14.1. The summed E-state index contributed by atoms with van der Waals surface area (Å²) in [5.41, 5.74) is 1.15. The number of carbonyl (C=O) groups excluding carboxylic acids is 1. The molecule has 0 bridgehead atoms. The van der Waals surface area contributed by atoms with Crippen molar-refractivity contribution in [3.63, 3.8) is 0 Å². The van der Waals surface area contributed by atoms with Crippen molar-refractivity contribution in [2.24, 2.45) is 0 Å². The largest absolute Gasteiger partial charge is 0.459 e. The second kappa shape index (κ2) is 7.65. The van der Waals surface area contributed by atoms with Crippen LogP contribution in [0.25, 0.3) is 0 Å². The van der Waals surface area contributed by atoms with E-state index in [9.17, 15) is 13.2 Å². The minimum absolute atomic E-state index is 0.0249. The summed E-state index contributed by atoms with van der Waals surface area (Å²) in [6.07, 6.45) is 3.25. The molecule has 2 aromatic heterocycles. The first-order chi connectivity index (χ1) is 12.4. The first-order valence-electron chi connectivity index (χ1n) is 7.57. The van der Waals surface area contributed by atoms with Gasteiger partial charge in [-0.3, -0.25) is 10.1 Å². The molecule has 0 aliphatic heterocycles. The molecule has 0 radical (unpaired) electrons. The molecule has 1 amide bonds. The fourth-order valence-electron chi connectivity index (χ4n) is 2.34. The minimum atomic E-state index is -3.58. The van der Waals surface area contributed by atoms with E-state index >= 15 is 0 Å². The summed E-state index contributed by atoms with van der Waals surface area (Å²) in [6, 6.07) is 9.60. The summed E-state index contributed by atoms with van der Waals surface area (Å²) in [5, 5.41) is 3.12. The van der Waals surface area contributed by atoms with Gasteiger partial charge in [-0.15, -0.1) is 11.8 Å². The SMILES string of the molecule is CSc1sc(NC(=O)c2occc2CS(=O)(=O)c2ccccc2)nc1C. The Morgan fingerprint density at radius 3 is 2.65 bits per heavy atom. The molecule has 0 aliphatic carbocycles. The lowest BCUT2D eigenvalue weighted by Gasteiger charge is -2.05. The number of sulfone groups is 1. The summed E-state index contributed by atoms with van der Waals surface area (Å²) >= 11 is 2.91. The second-order valence-corrected chi connectivity index (χ2v) is 9.46. The Morgan fingerprint density at radius 1 is 1.27 bits per heavy atom. The highest BCUT2D eigenvalue weighted by atomic mass is 32.2. The van der Waals surface area contributed by atoms with Crippen molar-refractivity contribution < 1.29 is 17.6 Å². The van der Waals surface area contributed by atoms with Gasteiger partial charge in [0.2, 0.25) is 0 Å². The van der Waals surface area contributed by atoms with Gasteiger partial charge in [0.05, 0.1) is 26.8 Å². The quantitative estimate of drug-likeness (QED) is 0.620. The lowest BCUT2D eigenvalue weighted by atomic mass is 10.3. The van der Waals surface area contributed by atoms with Crippen LogP contribution in [0.4, 0.5) is 5.13 Å². The number of hydrogen-bond acceptors (Lipinski definition) is 7. The van der Waals surface area contributed by atoms with E-state index < -0.39 is 15.7 Å². The lowest BCUT2D eigenvalue weighted by Crippen LogP contribution is -2.14. The average molecular weight is 409 g/mol. The maximum absolute atomic E-state index is 12.5. The van der Waals surface area contributed by atoms with Gasteiger partial charge in [-0.05, 0) is 31.4 Å². The number of carbonyl (C=O) groups is 1. The number of rotatable bonds is 6. The molecule has 0 atom stereocenters. The van der Waals surface area contributed by atoms with E-state index in [0.717, 1.165) is 9.90 Å². The van der Waals surface area contributed by atoms with Crippen LogP contribution in [0, 0.1) is 6.92 Å². The molecule has 0 fully saturated rings. The maximum atomic E-state index is 12.5. The zero-order valence-corrected chi connectivity index (χ0v) is 16.5. The predicted octanol–water partition coefficient (Wildman–Crippen LogP) is 3.99. The molecule has 0 unspecified atom stereocenters. The molecule has 0 saturated heterocycles. The van der Waals surface area contributed by atoms with Crippen molar-refractivity contribution in [1.29, 1.82) is 0 Å². The molecule has 0 saturated carbocycles. The average Bonchev–Trinajstić information content (AvgIpc) is 3.21. The lowest BCUT2D eigenvalue weighted by molar-refractivity contribution is 0.0995.